The van der Waals surface area contributed by atoms with Crippen LogP contribution in [0.25, 0.3) is 0 Å². The third kappa shape index (κ3) is 3.58. The van der Waals surface area contributed by atoms with Crippen molar-refractivity contribution in [3.05, 3.63) is 41.8 Å². The standard InChI is InChI=1S/C14H16N2O3/c1-9(2)18-12-6-4-11(5-7-12)15-14(17)13-8-10(3)16-19-13/h4-9H,1-3H3,(H,15,17). The summed E-state index contributed by atoms with van der Waals surface area (Å²) in [5, 5.41) is 6.39. The lowest BCUT2D eigenvalue weighted by molar-refractivity contribution is 0.0988. The second-order valence-corrected chi connectivity index (χ2v) is 4.48. The Kier molecular flexibility index (Phi) is 3.85. The molecule has 0 aliphatic carbocycles. The summed E-state index contributed by atoms with van der Waals surface area (Å²) >= 11 is 0. The molecule has 0 atom stereocenters. The van der Waals surface area contributed by atoms with Crippen molar-refractivity contribution in [2.45, 2.75) is 26.9 Å². The number of nitrogens with zero attached hydrogens (tertiary/aromatic N) is 1. The Balaban J connectivity index is 2.01. The smallest absolute Gasteiger partial charge is 0.294 e. The molecule has 0 saturated carbocycles. The summed E-state index contributed by atoms with van der Waals surface area (Å²) in [5.74, 6) is 0.640. The molecule has 0 saturated heterocycles. The SMILES string of the molecule is Cc1cc(C(=O)Nc2ccc(OC(C)C)cc2)on1. The van der Waals surface area contributed by atoms with Crippen LogP contribution in [0.15, 0.2) is 34.9 Å². The van der Waals surface area contributed by atoms with Crippen LogP contribution < -0.4 is 10.1 Å². The van der Waals surface area contributed by atoms with Gasteiger partial charge in [0.05, 0.1) is 11.8 Å². The number of nitrogens with one attached hydrogen (secondary N) is 1. The summed E-state index contributed by atoms with van der Waals surface area (Å²) in [4.78, 5) is 11.8. The Hall–Kier alpha value is -2.30. The zero-order valence-corrected chi connectivity index (χ0v) is 11.1. The maximum absolute atomic E-state index is 11.8. The molecule has 0 aliphatic heterocycles. The zero-order chi connectivity index (χ0) is 13.8. The number of ether oxygens (including phenoxy) is 1. The lowest BCUT2D eigenvalue weighted by Gasteiger charge is -2.10. The first kappa shape index (κ1) is 13.1. The normalized spacial score (nSPS) is 10.5. The lowest BCUT2D eigenvalue weighted by atomic mass is 10.3. The first-order valence-corrected chi connectivity index (χ1v) is 6.06. The van der Waals surface area contributed by atoms with Gasteiger partial charge in [-0.2, -0.15) is 0 Å². The number of carbonyl (C=O) groups is 1. The molecule has 1 amide bonds. The molecule has 2 aromatic rings. The number of aromatic nitrogens is 1. The van der Waals surface area contributed by atoms with Crippen molar-refractivity contribution in [1.82, 2.24) is 5.16 Å². The van der Waals surface area contributed by atoms with Crippen molar-refractivity contribution in [3.63, 3.8) is 0 Å². The van der Waals surface area contributed by atoms with Crippen molar-refractivity contribution in [2.24, 2.45) is 0 Å². The third-order valence-electron chi connectivity index (χ3n) is 2.34. The van der Waals surface area contributed by atoms with Gasteiger partial charge in [0.25, 0.3) is 5.91 Å². The predicted molar refractivity (Wildman–Crippen MR) is 71.4 cm³/mol. The summed E-state index contributed by atoms with van der Waals surface area (Å²) in [6.07, 6.45) is 0.123. The molecule has 5 nitrogen and oxygen atoms in total. The third-order valence-corrected chi connectivity index (χ3v) is 2.34. The van der Waals surface area contributed by atoms with Crippen molar-refractivity contribution < 1.29 is 14.1 Å². The molecule has 0 spiro atoms. The first-order valence-electron chi connectivity index (χ1n) is 6.06. The van der Waals surface area contributed by atoms with Crippen LogP contribution in [0, 0.1) is 6.92 Å². The van der Waals surface area contributed by atoms with Crippen molar-refractivity contribution in [3.8, 4) is 5.75 Å². The number of aryl methyl sites for hydroxylation is 1. The fourth-order valence-corrected chi connectivity index (χ4v) is 1.55. The maximum atomic E-state index is 11.8. The van der Waals surface area contributed by atoms with E-state index in [9.17, 15) is 4.79 Å². The quantitative estimate of drug-likeness (QED) is 0.917. The van der Waals surface area contributed by atoms with Crippen molar-refractivity contribution >= 4 is 11.6 Å². The van der Waals surface area contributed by atoms with Crippen molar-refractivity contribution in [1.29, 1.82) is 0 Å². The lowest BCUT2D eigenvalue weighted by Crippen LogP contribution is -2.11. The number of hydrogen-bond acceptors (Lipinski definition) is 4. The highest BCUT2D eigenvalue weighted by atomic mass is 16.5. The zero-order valence-electron chi connectivity index (χ0n) is 11.1. The second-order valence-electron chi connectivity index (χ2n) is 4.48. The van der Waals surface area contributed by atoms with Gasteiger partial charge in [0.1, 0.15) is 5.75 Å². The minimum Gasteiger partial charge on any atom is -0.491 e. The van der Waals surface area contributed by atoms with Gasteiger partial charge in [-0.05, 0) is 45.0 Å². The Morgan fingerprint density at radius 1 is 1.32 bits per heavy atom. The van der Waals surface area contributed by atoms with E-state index < -0.39 is 0 Å². The minimum absolute atomic E-state index is 0.123. The van der Waals surface area contributed by atoms with Gasteiger partial charge in [-0.1, -0.05) is 5.16 Å². The van der Waals surface area contributed by atoms with Gasteiger partial charge < -0.3 is 14.6 Å². The van der Waals surface area contributed by atoms with Crippen LogP contribution in [-0.2, 0) is 0 Å². The Morgan fingerprint density at radius 3 is 2.53 bits per heavy atom. The highest BCUT2D eigenvalue weighted by Crippen LogP contribution is 2.17. The molecule has 2 rings (SSSR count). The van der Waals surface area contributed by atoms with E-state index in [0.717, 1.165) is 5.75 Å². The summed E-state index contributed by atoms with van der Waals surface area (Å²) in [6, 6.07) is 8.76. The van der Waals surface area contributed by atoms with Crippen LogP contribution >= 0.6 is 0 Å². The maximum Gasteiger partial charge on any atom is 0.294 e. The summed E-state index contributed by atoms with van der Waals surface area (Å²) in [5.41, 5.74) is 1.35. The fraction of sp³-hybridized carbons (Fsp3) is 0.286. The minimum atomic E-state index is -0.321. The average Bonchev–Trinajstić information content (AvgIpc) is 2.78. The highest BCUT2D eigenvalue weighted by Gasteiger charge is 2.11. The largest absolute Gasteiger partial charge is 0.491 e. The molecular weight excluding hydrogens is 244 g/mol. The van der Waals surface area contributed by atoms with E-state index in [0.29, 0.717) is 11.4 Å². The summed E-state index contributed by atoms with van der Waals surface area (Å²) < 4.78 is 10.4. The molecule has 1 aromatic heterocycles. The average molecular weight is 260 g/mol. The Labute approximate surface area is 111 Å². The van der Waals surface area contributed by atoms with E-state index in [-0.39, 0.29) is 17.8 Å². The molecule has 1 heterocycles. The predicted octanol–water partition coefficient (Wildman–Crippen LogP) is 3.02. The molecule has 100 valence electrons. The van der Waals surface area contributed by atoms with E-state index in [4.69, 9.17) is 9.26 Å². The van der Waals surface area contributed by atoms with Crippen LogP contribution in [0.2, 0.25) is 0 Å². The highest BCUT2D eigenvalue weighted by molar-refractivity contribution is 6.02. The first-order chi connectivity index (χ1) is 9.04. The van der Waals surface area contributed by atoms with Gasteiger partial charge in [-0.3, -0.25) is 4.79 Å². The number of rotatable bonds is 4. The number of carbonyl (C=O) groups excluding carboxylic acids is 1. The van der Waals surface area contributed by atoms with Crippen LogP contribution in [0.3, 0.4) is 0 Å². The molecule has 1 N–H and O–H groups in total. The van der Waals surface area contributed by atoms with Crippen LogP contribution in [0.4, 0.5) is 5.69 Å². The van der Waals surface area contributed by atoms with Crippen LogP contribution in [0.1, 0.15) is 30.1 Å². The molecule has 0 aliphatic rings. The van der Waals surface area contributed by atoms with E-state index in [1.54, 1.807) is 37.3 Å². The van der Waals surface area contributed by atoms with Gasteiger partial charge in [0.2, 0.25) is 5.76 Å². The summed E-state index contributed by atoms with van der Waals surface area (Å²) in [6.45, 7) is 5.68. The van der Waals surface area contributed by atoms with Crippen molar-refractivity contribution in [2.75, 3.05) is 5.32 Å². The molecule has 1 aromatic carbocycles. The molecule has 0 fully saturated rings. The van der Waals surface area contributed by atoms with E-state index in [1.807, 2.05) is 13.8 Å². The molecular formula is C14H16N2O3. The molecule has 0 unspecified atom stereocenters. The molecule has 5 heteroatoms. The van der Waals surface area contributed by atoms with Crippen LogP contribution in [-0.4, -0.2) is 17.2 Å². The molecule has 0 radical (unpaired) electrons. The summed E-state index contributed by atoms with van der Waals surface area (Å²) in [7, 11) is 0. The number of amides is 1. The van der Waals surface area contributed by atoms with E-state index in [1.165, 1.54) is 0 Å². The van der Waals surface area contributed by atoms with Gasteiger partial charge in [-0.25, -0.2) is 0 Å². The topological polar surface area (TPSA) is 64.4 Å². The van der Waals surface area contributed by atoms with Crippen LogP contribution in [0.5, 0.6) is 5.75 Å². The van der Waals surface area contributed by atoms with Gasteiger partial charge in [0, 0.05) is 11.8 Å². The van der Waals surface area contributed by atoms with E-state index >= 15 is 0 Å². The number of benzene rings is 1. The molecule has 0 bridgehead atoms. The monoisotopic (exact) mass is 260 g/mol. The second kappa shape index (κ2) is 5.56. The Morgan fingerprint density at radius 2 is 2.00 bits per heavy atom. The van der Waals surface area contributed by atoms with Gasteiger partial charge >= 0.3 is 0 Å². The number of anilines is 1. The van der Waals surface area contributed by atoms with E-state index in [2.05, 4.69) is 10.5 Å². The van der Waals surface area contributed by atoms with Gasteiger partial charge in [-0.15, -0.1) is 0 Å². The number of hydrogen-bond donors (Lipinski definition) is 1. The van der Waals surface area contributed by atoms with Gasteiger partial charge in [0.15, 0.2) is 0 Å². The molecule has 19 heavy (non-hydrogen) atoms. The Bertz CT molecular complexity index is 558. The fourth-order valence-electron chi connectivity index (χ4n) is 1.55.